The first-order valence-electron chi connectivity index (χ1n) is 13.2. The van der Waals surface area contributed by atoms with E-state index in [9.17, 15) is 14.7 Å². The Labute approximate surface area is 240 Å². The number of fused-ring (bicyclic) bond motifs is 1. The Morgan fingerprint density at radius 3 is 2.24 bits per heavy atom. The van der Waals surface area contributed by atoms with Gasteiger partial charge in [-0.2, -0.15) is 0 Å². The van der Waals surface area contributed by atoms with Gasteiger partial charge in [0.2, 0.25) is 5.43 Å². The van der Waals surface area contributed by atoms with Gasteiger partial charge in [0.1, 0.15) is 17.2 Å². The number of aryl methyl sites for hydroxylation is 1. The summed E-state index contributed by atoms with van der Waals surface area (Å²) in [6.45, 7) is 4.55. The molecular weight excluding hydrogens is 548 g/mol. The molecule has 0 aliphatic carbocycles. The van der Waals surface area contributed by atoms with E-state index >= 15 is 8.78 Å². The summed E-state index contributed by atoms with van der Waals surface area (Å²) in [6, 6.07) is 17.4. The summed E-state index contributed by atoms with van der Waals surface area (Å²) in [5.74, 6) is -2.35. The third-order valence-electron chi connectivity index (χ3n) is 7.18. The molecule has 1 saturated heterocycles. The van der Waals surface area contributed by atoms with Crippen LogP contribution >= 0.6 is 12.2 Å². The van der Waals surface area contributed by atoms with Crippen LogP contribution in [0.25, 0.3) is 10.9 Å². The molecule has 0 amide bonds. The van der Waals surface area contributed by atoms with Crippen molar-refractivity contribution in [3.05, 3.63) is 99.8 Å². The lowest BCUT2D eigenvalue weighted by molar-refractivity contribution is 0.0695. The molecule has 212 valence electrons. The van der Waals surface area contributed by atoms with Gasteiger partial charge in [0, 0.05) is 56.5 Å². The zero-order valence-corrected chi connectivity index (χ0v) is 23.2. The van der Waals surface area contributed by atoms with Crippen molar-refractivity contribution in [2.45, 2.75) is 20.0 Å². The van der Waals surface area contributed by atoms with Gasteiger partial charge in [0.05, 0.1) is 16.9 Å². The van der Waals surface area contributed by atoms with Gasteiger partial charge in [-0.1, -0.05) is 30.3 Å². The van der Waals surface area contributed by atoms with Crippen LogP contribution in [0.4, 0.5) is 25.8 Å². The second kappa shape index (κ2) is 11.9. The molecule has 0 atom stereocenters. The van der Waals surface area contributed by atoms with E-state index in [1.807, 2.05) is 47.1 Å². The van der Waals surface area contributed by atoms with Crippen LogP contribution in [0, 0.1) is 11.6 Å². The van der Waals surface area contributed by atoms with Crippen molar-refractivity contribution in [1.82, 2.24) is 9.88 Å². The highest BCUT2D eigenvalue weighted by molar-refractivity contribution is 7.80. The molecule has 8 nitrogen and oxygen atoms in total. The number of hydrogen-bond donors (Lipinski definition) is 3. The van der Waals surface area contributed by atoms with Gasteiger partial charge >= 0.3 is 5.97 Å². The van der Waals surface area contributed by atoms with E-state index in [1.54, 1.807) is 22.8 Å². The molecule has 1 aromatic heterocycles. The van der Waals surface area contributed by atoms with E-state index in [2.05, 4.69) is 10.6 Å². The molecular formula is C30H29F2N5O3S. The number of rotatable bonds is 7. The minimum atomic E-state index is -1.35. The number of carbonyl (C=O) groups is 1. The normalized spacial score (nSPS) is 13.3. The molecule has 1 fully saturated rings. The van der Waals surface area contributed by atoms with Crippen molar-refractivity contribution in [3.63, 3.8) is 0 Å². The van der Waals surface area contributed by atoms with Crippen LogP contribution in [-0.2, 0) is 13.1 Å². The third-order valence-corrected chi connectivity index (χ3v) is 7.43. The maximum atomic E-state index is 15.2. The molecule has 5 rings (SSSR count). The number of pyridine rings is 1. The number of carboxylic acids is 1. The van der Waals surface area contributed by atoms with Gasteiger partial charge in [0.15, 0.2) is 5.11 Å². The number of nitrogens with zero attached hydrogens (tertiary/aromatic N) is 3. The van der Waals surface area contributed by atoms with E-state index in [0.29, 0.717) is 67.0 Å². The molecule has 0 bridgehead atoms. The SMILES string of the molecule is CCn1cc(C(=O)O)c(=O)c2cc(F)c(N3CCN(c4ccc(NC(=S)NCc5ccccc5)cc4F)CC3)cc21. The second-order valence-electron chi connectivity index (χ2n) is 9.72. The summed E-state index contributed by atoms with van der Waals surface area (Å²) in [7, 11) is 0. The zero-order valence-electron chi connectivity index (χ0n) is 22.4. The van der Waals surface area contributed by atoms with Crippen molar-refractivity contribution < 1.29 is 18.7 Å². The summed E-state index contributed by atoms with van der Waals surface area (Å²) in [5, 5.41) is 15.9. The minimum Gasteiger partial charge on any atom is -0.477 e. The average molecular weight is 578 g/mol. The molecule has 0 unspecified atom stereocenters. The lowest BCUT2D eigenvalue weighted by Gasteiger charge is -2.37. The molecule has 0 spiro atoms. The number of hydrogen-bond acceptors (Lipinski definition) is 5. The number of anilines is 3. The molecule has 3 aromatic carbocycles. The van der Waals surface area contributed by atoms with Crippen LogP contribution in [-0.4, -0.2) is 46.9 Å². The predicted molar refractivity (Wildman–Crippen MR) is 161 cm³/mol. The van der Waals surface area contributed by atoms with Gasteiger partial charge in [0.25, 0.3) is 0 Å². The standard InChI is InChI=1S/C30H29F2N5O3S/c1-2-35-18-22(29(39)40)28(38)21-15-24(32)27(16-26(21)35)37-12-10-36(11-13-37)25-9-8-20(14-23(25)31)34-30(41)33-17-19-6-4-3-5-7-19/h3-9,14-16,18H,2,10-13,17H2,1H3,(H,39,40)(H2,33,34,41). The van der Waals surface area contributed by atoms with E-state index in [-0.39, 0.29) is 5.39 Å². The molecule has 11 heteroatoms. The monoisotopic (exact) mass is 577 g/mol. The maximum Gasteiger partial charge on any atom is 0.341 e. The van der Waals surface area contributed by atoms with Gasteiger partial charge < -0.3 is 30.1 Å². The Morgan fingerprint density at radius 2 is 1.61 bits per heavy atom. The zero-order chi connectivity index (χ0) is 29.1. The van der Waals surface area contributed by atoms with Crippen LogP contribution < -0.4 is 25.9 Å². The number of aromatic nitrogens is 1. The predicted octanol–water partition coefficient (Wildman–Crippen LogP) is 4.81. The average Bonchev–Trinajstić information content (AvgIpc) is 2.97. The molecule has 1 aliphatic heterocycles. The first kappa shape index (κ1) is 28.0. The molecule has 2 heterocycles. The third kappa shape index (κ3) is 5.99. The summed E-state index contributed by atoms with van der Waals surface area (Å²) < 4.78 is 31.9. The molecule has 0 saturated carbocycles. The van der Waals surface area contributed by atoms with Crippen LogP contribution in [0.3, 0.4) is 0 Å². The van der Waals surface area contributed by atoms with Crippen molar-refractivity contribution in [2.75, 3.05) is 41.3 Å². The van der Waals surface area contributed by atoms with Gasteiger partial charge in [-0.15, -0.1) is 0 Å². The second-order valence-corrected chi connectivity index (χ2v) is 10.1. The Balaban J connectivity index is 1.26. The van der Waals surface area contributed by atoms with Crippen molar-refractivity contribution in [3.8, 4) is 0 Å². The Kier molecular flexibility index (Phi) is 8.16. The fourth-order valence-electron chi connectivity index (χ4n) is 5.04. The number of halogens is 2. The van der Waals surface area contributed by atoms with Crippen molar-refractivity contribution >= 4 is 51.3 Å². The number of thiocarbonyl (C=S) groups is 1. The van der Waals surface area contributed by atoms with Gasteiger partial charge in [-0.25, -0.2) is 13.6 Å². The lowest BCUT2D eigenvalue weighted by Crippen LogP contribution is -2.47. The van der Waals surface area contributed by atoms with E-state index in [1.165, 1.54) is 12.3 Å². The quantitative estimate of drug-likeness (QED) is 0.270. The van der Waals surface area contributed by atoms with Crippen LogP contribution in [0.1, 0.15) is 22.8 Å². The van der Waals surface area contributed by atoms with Crippen LogP contribution in [0.5, 0.6) is 0 Å². The first-order valence-corrected chi connectivity index (χ1v) is 13.6. The summed E-state index contributed by atoms with van der Waals surface area (Å²) in [6.07, 6.45) is 1.29. The number of nitrogens with one attached hydrogen (secondary N) is 2. The van der Waals surface area contributed by atoms with Crippen LogP contribution in [0.2, 0.25) is 0 Å². The fraction of sp³-hybridized carbons (Fsp3) is 0.233. The minimum absolute atomic E-state index is 0.0251. The highest BCUT2D eigenvalue weighted by atomic mass is 32.1. The smallest absolute Gasteiger partial charge is 0.341 e. The fourth-order valence-corrected chi connectivity index (χ4v) is 5.23. The summed E-state index contributed by atoms with van der Waals surface area (Å²) in [5.41, 5.74) is 1.72. The molecule has 4 aromatic rings. The van der Waals surface area contributed by atoms with Gasteiger partial charge in [-0.3, -0.25) is 4.79 Å². The van der Waals surface area contributed by atoms with E-state index < -0.39 is 28.6 Å². The van der Waals surface area contributed by atoms with Crippen molar-refractivity contribution in [2.24, 2.45) is 0 Å². The highest BCUT2D eigenvalue weighted by Crippen LogP contribution is 2.29. The first-order chi connectivity index (χ1) is 19.7. The molecule has 0 radical (unpaired) electrons. The summed E-state index contributed by atoms with van der Waals surface area (Å²) in [4.78, 5) is 27.9. The summed E-state index contributed by atoms with van der Waals surface area (Å²) >= 11 is 5.34. The van der Waals surface area contributed by atoms with Crippen LogP contribution in [0.15, 0.2) is 71.7 Å². The maximum absolute atomic E-state index is 15.2. The number of benzene rings is 3. The largest absolute Gasteiger partial charge is 0.477 e. The Hall–Kier alpha value is -4.51. The number of piperazine rings is 1. The lowest BCUT2D eigenvalue weighted by atomic mass is 10.1. The molecule has 3 N–H and O–H groups in total. The van der Waals surface area contributed by atoms with Crippen molar-refractivity contribution in [1.29, 1.82) is 0 Å². The highest BCUT2D eigenvalue weighted by Gasteiger charge is 2.24. The van der Waals surface area contributed by atoms with E-state index in [4.69, 9.17) is 12.2 Å². The Bertz CT molecular complexity index is 1670. The van der Waals surface area contributed by atoms with E-state index in [0.717, 1.165) is 11.6 Å². The number of aromatic carboxylic acids is 1. The Morgan fingerprint density at radius 1 is 0.951 bits per heavy atom. The van der Waals surface area contributed by atoms with Gasteiger partial charge in [-0.05, 0) is 55.0 Å². The number of carboxylic acid groups (broad SMARTS) is 1. The molecule has 1 aliphatic rings. The topological polar surface area (TPSA) is 89.8 Å². The molecule has 41 heavy (non-hydrogen) atoms.